The number of ether oxygens (including phenoxy) is 1. The lowest BCUT2D eigenvalue weighted by molar-refractivity contribution is 0.0956. The largest absolute Gasteiger partial charge is 0.384 e. The van der Waals surface area contributed by atoms with Gasteiger partial charge in [0.2, 0.25) is 0 Å². The van der Waals surface area contributed by atoms with Crippen LogP contribution in [0.1, 0.15) is 21.0 Å². The van der Waals surface area contributed by atoms with Gasteiger partial charge >= 0.3 is 0 Å². The minimum Gasteiger partial charge on any atom is -0.384 e. The van der Waals surface area contributed by atoms with Gasteiger partial charge in [0, 0.05) is 23.4 Å². The number of thiophene rings is 1. The number of aryl methyl sites for hydroxylation is 1. The molecule has 1 unspecified atom stereocenters. The van der Waals surface area contributed by atoms with Crippen molar-refractivity contribution in [2.45, 2.75) is 18.2 Å². The zero-order chi connectivity index (χ0) is 12.0. The van der Waals surface area contributed by atoms with Crippen LogP contribution in [0.4, 0.5) is 0 Å². The number of methoxy groups -OCH3 is 1. The molecule has 1 rings (SSSR count). The molecule has 0 saturated heterocycles. The number of alkyl halides is 1. The lowest BCUT2D eigenvalue weighted by Crippen LogP contribution is -2.26. The molecule has 1 aromatic heterocycles. The second kappa shape index (κ2) is 7.04. The Balaban J connectivity index is 2.25. The van der Waals surface area contributed by atoms with E-state index in [2.05, 4.69) is 21.2 Å². The molecule has 90 valence electrons. The van der Waals surface area contributed by atoms with E-state index in [1.807, 2.05) is 19.1 Å². The molecule has 3 nitrogen and oxygen atoms in total. The van der Waals surface area contributed by atoms with E-state index in [1.165, 1.54) is 11.3 Å². The fourth-order valence-electron chi connectivity index (χ4n) is 1.25. The van der Waals surface area contributed by atoms with Crippen molar-refractivity contribution in [1.82, 2.24) is 5.32 Å². The molecule has 5 heteroatoms. The highest BCUT2D eigenvalue weighted by atomic mass is 79.9. The van der Waals surface area contributed by atoms with E-state index in [1.54, 1.807) is 7.11 Å². The number of hydrogen-bond acceptors (Lipinski definition) is 3. The summed E-state index contributed by atoms with van der Waals surface area (Å²) in [6.45, 7) is 3.32. The van der Waals surface area contributed by atoms with Crippen LogP contribution in [0.25, 0.3) is 0 Å². The highest BCUT2D eigenvalue weighted by molar-refractivity contribution is 9.09. The summed E-state index contributed by atoms with van der Waals surface area (Å²) in [7, 11) is 1.67. The number of halogens is 1. The fraction of sp³-hybridized carbons (Fsp3) is 0.545. The summed E-state index contributed by atoms with van der Waals surface area (Å²) < 4.78 is 4.99. The number of rotatable bonds is 6. The minimum atomic E-state index is 0.00946. The first-order valence-electron chi connectivity index (χ1n) is 5.11. The van der Waals surface area contributed by atoms with Crippen LogP contribution >= 0.6 is 27.3 Å². The molecule has 1 amide bonds. The molecule has 1 heterocycles. The first-order valence-corrected chi connectivity index (χ1v) is 6.84. The lowest BCUT2D eigenvalue weighted by Gasteiger charge is -2.08. The van der Waals surface area contributed by atoms with Crippen LogP contribution in [0.15, 0.2) is 12.1 Å². The van der Waals surface area contributed by atoms with Gasteiger partial charge in [0.1, 0.15) is 0 Å². The van der Waals surface area contributed by atoms with Gasteiger partial charge in [-0.3, -0.25) is 4.79 Å². The Bertz CT molecular complexity index is 340. The molecular weight excluding hydrogens is 290 g/mol. The van der Waals surface area contributed by atoms with Gasteiger partial charge in [-0.2, -0.15) is 0 Å². The van der Waals surface area contributed by atoms with E-state index in [9.17, 15) is 4.79 Å². The van der Waals surface area contributed by atoms with Crippen molar-refractivity contribution < 1.29 is 9.53 Å². The van der Waals surface area contributed by atoms with Crippen molar-refractivity contribution in [3.05, 3.63) is 21.9 Å². The van der Waals surface area contributed by atoms with Crippen LogP contribution in [-0.2, 0) is 4.74 Å². The molecule has 0 spiro atoms. The van der Waals surface area contributed by atoms with Gasteiger partial charge < -0.3 is 10.1 Å². The van der Waals surface area contributed by atoms with Crippen LogP contribution in [-0.4, -0.2) is 31.0 Å². The molecule has 0 saturated carbocycles. The highest BCUT2D eigenvalue weighted by Crippen LogP contribution is 2.14. The predicted molar refractivity (Wildman–Crippen MR) is 70.6 cm³/mol. The molecule has 1 atom stereocenters. The maximum Gasteiger partial charge on any atom is 0.261 e. The van der Waals surface area contributed by atoms with Gasteiger partial charge in [-0.05, 0) is 25.5 Å². The molecule has 0 aliphatic heterocycles. The van der Waals surface area contributed by atoms with E-state index >= 15 is 0 Å². The Morgan fingerprint density at radius 1 is 1.62 bits per heavy atom. The normalized spacial score (nSPS) is 12.4. The van der Waals surface area contributed by atoms with E-state index in [-0.39, 0.29) is 5.91 Å². The predicted octanol–water partition coefficient (Wildman–Crippen LogP) is 2.59. The number of amides is 1. The van der Waals surface area contributed by atoms with Crippen molar-refractivity contribution in [1.29, 1.82) is 0 Å². The molecule has 0 aliphatic carbocycles. The molecule has 1 N–H and O–H groups in total. The number of carbonyl (C=O) groups excluding carboxylic acids is 1. The van der Waals surface area contributed by atoms with Crippen LogP contribution in [0.5, 0.6) is 0 Å². The van der Waals surface area contributed by atoms with Crippen LogP contribution in [0.2, 0.25) is 0 Å². The molecule has 0 aliphatic rings. The quantitative estimate of drug-likeness (QED) is 0.820. The highest BCUT2D eigenvalue weighted by Gasteiger charge is 2.08. The Morgan fingerprint density at radius 3 is 2.94 bits per heavy atom. The van der Waals surface area contributed by atoms with Crippen molar-refractivity contribution in [2.75, 3.05) is 20.3 Å². The average molecular weight is 306 g/mol. The Kier molecular flexibility index (Phi) is 6.01. The Hall–Kier alpha value is -0.390. The van der Waals surface area contributed by atoms with Gasteiger partial charge in [0.25, 0.3) is 5.91 Å². The molecule has 16 heavy (non-hydrogen) atoms. The van der Waals surface area contributed by atoms with E-state index in [0.717, 1.165) is 16.2 Å². The number of carbonyl (C=O) groups is 1. The molecule has 0 radical (unpaired) electrons. The molecule has 0 aromatic carbocycles. The summed E-state index contributed by atoms with van der Waals surface area (Å²) in [6, 6.07) is 3.81. The number of nitrogens with one attached hydrogen (secondary N) is 1. The van der Waals surface area contributed by atoms with Gasteiger partial charge in [-0.15, -0.1) is 11.3 Å². The van der Waals surface area contributed by atoms with E-state index in [4.69, 9.17) is 4.74 Å². The summed E-state index contributed by atoms with van der Waals surface area (Å²) in [5.41, 5.74) is 0. The molecular formula is C11H16BrNO2S. The lowest BCUT2D eigenvalue weighted by atomic mass is 10.3. The number of hydrogen-bond donors (Lipinski definition) is 1. The second-order valence-corrected chi connectivity index (χ2v) is 6.09. The summed E-state index contributed by atoms with van der Waals surface area (Å²) in [5, 5.41) is 2.89. The summed E-state index contributed by atoms with van der Waals surface area (Å²) >= 11 is 4.99. The van der Waals surface area contributed by atoms with Gasteiger partial charge in [-0.25, -0.2) is 0 Å². The zero-order valence-electron chi connectivity index (χ0n) is 9.46. The van der Waals surface area contributed by atoms with Crippen molar-refractivity contribution in [3.8, 4) is 0 Å². The average Bonchev–Trinajstić information content (AvgIpc) is 2.65. The topological polar surface area (TPSA) is 38.3 Å². The molecule has 0 bridgehead atoms. The monoisotopic (exact) mass is 305 g/mol. The van der Waals surface area contributed by atoms with Gasteiger partial charge in [-0.1, -0.05) is 15.9 Å². The smallest absolute Gasteiger partial charge is 0.261 e. The van der Waals surface area contributed by atoms with E-state index < -0.39 is 0 Å². The van der Waals surface area contributed by atoms with Crippen LogP contribution < -0.4 is 5.32 Å². The van der Waals surface area contributed by atoms with Crippen molar-refractivity contribution in [2.24, 2.45) is 0 Å². The third-order valence-electron chi connectivity index (χ3n) is 2.05. The first kappa shape index (κ1) is 13.7. The molecule has 1 aromatic rings. The third kappa shape index (κ3) is 4.63. The SMILES string of the molecule is COCC(Br)CCNC(=O)c1ccc(C)s1. The summed E-state index contributed by atoms with van der Waals surface area (Å²) in [6.07, 6.45) is 0.865. The summed E-state index contributed by atoms with van der Waals surface area (Å²) in [4.78, 5) is 13.9. The van der Waals surface area contributed by atoms with E-state index in [0.29, 0.717) is 18.0 Å². The maximum atomic E-state index is 11.7. The molecule has 0 fully saturated rings. The Morgan fingerprint density at radius 2 is 2.38 bits per heavy atom. The second-order valence-electron chi connectivity index (χ2n) is 3.51. The minimum absolute atomic E-state index is 0.00946. The maximum absolute atomic E-state index is 11.7. The third-order valence-corrected chi connectivity index (χ3v) is 3.78. The zero-order valence-corrected chi connectivity index (χ0v) is 11.9. The van der Waals surface area contributed by atoms with Gasteiger partial charge in [0.15, 0.2) is 0 Å². The van der Waals surface area contributed by atoms with Crippen LogP contribution in [0, 0.1) is 6.92 Å². The summed E-state index contributed by atoms with van der Waals surface area (Å²) in [5.74, 6) is 0.00946. The van der Waals surface area contributed by atoms with Crippen molar-refractivity contribution in [3.63, 3.8) is 0 Å². The Labute approximate surface area is 108 Å². The van der Waals surface area contributed by atoms with Crippen LogP contribution in [0.3, 0.4) is 0 Å². The first-order chi connectivity index (χ1) is 7.63. The van der Waals surface area contributed by atoms with Gasteiger partial charge in [0.05, 0.1) is 11.5 Å². The fourth-order valence-corrected chi connectivity index (χ4v) is 2.53. The standard InChI is InChI=1S/C11H16BrNO2S/c1-8-3-4-10(16-8)11(14)13-6-5-9(12)7-15-2/h3-4,9H,5-7H2,1-2H3,(H,13,14). The van der Waals surface area contributed by atoms with Crippen molar-refractivity contribution >= 4 is 33.2 Å².